The minimum Gasteiger partial charge on any atom is -0.376 e. The van der Waals surface area contributed by atoms with Crippen LogP contribution in [0, 0.1) is 0 Å². The fraction of sp³-hybridized carbons (Fsp3) is 0.222. The van der Waals surface area contributed by atoms with Crippen LogP contribution in [0.3, 0.4) is 0 Å². The second-order valence-electron chi connectivity index (χ2n) is 5.44. The summed E-state index contributed by atoms with van der Waals surface area (Å²) in [6.07, 6.45) is 0.897. The largest absolute Gasteiger partial charge is 0.376 e. The highest BCUT2D eigenvalue weighted by atomic mass is 16.2. The first kappa shape index (κ1) is 15.1. The molecule has 1 aliphatic heterocycles. The van der Waals surface area contributed by atoms with E-state index in [0.29, 0.717) is 5.56 Å². The quantitative estimate of drug-likeness (QED) is 0.908. The number of para-hydroxylation sites is 1. The van der Waals surface area contributed by atoms with E-state index in [1.54, 1.807) is 25.2 Å². The van der Waals surface area contributed by atoms with Gasteiger partial charge in [-0.05, 0) is 36.2 Å². The second-order valence-corrected chi connectivity index (χ2v) is 5.44. The molecule has 5 heteroatoms. The third kappa shape index (κ3) is 3.18. The third-order valence-corrected chi connectivity index (χ3v) is 3.98. The van der Waals surface area contributed by atoms with E-state index in [2.05, 4.69) is 16.7 Å². The molecule has 0 aliphatic carbocycles. The summed E-state index contributed by atoms with van der Waals surface area (Å²) >= 11 is 0. The minimum atomic E-state index is -0.145. The Balaban J connectivity index is 1.65. The van der Waals surface area contributed by atoms with Crippen LogP contribution >= 0.6 is 0 Å². The average Bonchev–Trinajstić information content (AvgIpc) is 3.03. The summed E-state index contributed by atoms with van der Waals surface area (Å²) < 4.78 is 0. The summed E-state index contributed by atoms with van der Waals surface area (Å²) in [6.45, 7) is 0.920. The number of hydrogen-bond donors (Lipinski definition) is 2. The molecule has 1 aliphatic rings. The smallest absolute Gasteiger partial charge is 0.251 e. The van der Waals surface area contributed by atoms with E-state index in [1.807, 2.05) is 29.2 Å². The molecule has 0 radical (unpaired) electrons. The topological polar surface area (TPSA) is 61.4 Å². The molecule has 23 heavy (non-hydrogen) atoms. The van der Waals surface area contributed by atoms with Crippen LogP contribution in [0.4, 0.5) is 11.4 Å². The maximum Gasteiger partial charge on any atom is 0.251 e. The number of benzene rings is 2. The number of nitrogens with zero attached hydrogens (tertiary/aromatic N) is 1. The van der Waals surface area contributed by atoms with E-state index in [0.717, 1.165) is 24.3 Å². The average molecular weight is 309 g/mol. The van der Waals surface area contributed by atoms with Gasteiger partial charge in [-0.1, -0.05) is 24.3 Å². The Hall–Kier alpha value is -2.82. The molecule has 2 amide bonds. The molecule has 0 fully saturated rings. The number of anilines is 2. The van der Waals surface area contributed by atoms with Crippen LogP contribution in [0.2, 0.25) is 0 Å². The van der Waals surface area contributed by atoms with Crippen molar-refractivity contribution in [1.82, 2.24) is 5.32 Å². The maximum absolute atomic E-state index is 12.4. The molecule has 0 spiro atoms. The van der Waals surface area contributed by atoms with Crippen LogP contribution in [0.5, 0.6) is 0 Å². The number of rotatable bonds is 4. The lowest BCUT2D eigenvalue weighted by atomic mass is 10.2. The van der Waals surface area contributed by atoms with Gasteiger partial charge in [0.1, 0.15) is 0 Å². The Bertz CT molecular complexity index is 743. The van der Waals surface area contributed by atoms with Crippen molar-refractivity contribution in [3.63, 3.8) is 0 Å². The molecular weight excluding hydrogens is 290 g/mol. The molecule has 0 atom stereocenters. The van der Waals surface area contributed by atoms with Crippen molar-refractivity contribution in [1.29, 1.82) is 0 Å². The predicted octanol–water partition coefficient (Wildman–Crippen LogP) is 2.05. The van der Waals surface area contributed by atoms with Gasteiger partial charge < -0.3 is 15.5 Å². The van der Waals surface area contributed by atoms with Crippen LogP contribution in [-0.4, -0.2) is 32.0 Å². The highest BCUT2D eigenvalue weighted by Crippen LogP contribution is 2.27. The molecule has 5 nitrogen and oxygen atoms in total. The van der Waals surface area contributed by atoms with E-state index >= 15 is 0 Å². The van der Waals surface area contributed by atoms with Gasteiger partial charge in [0, 0.05) is 30.5 Å². The van der Waals surface area contributed by atoms with Crippen molar-refractivity contribution >= 4 is 23.2 Å². The summed E-state index contributed by atoms with van der Waals surface area (Å²) in [5.74, 6) is -0.117. The SMILES string of the molecule is CNC(=O)c1cccc(NCC(=O)N2CCc3ccccc32)c1. The molecule has 0 saturated heterocycles. The summed E-state index contributed by atoms with van der Waals surface area (Å²) in [7, 11) is 1.59. The van der Waals surface area contributed by atoms with Gasteiger partial charge in [-0.3, -0.25) is 9.59 Å². The van der Waals surface area contributed by atoms with E-state index in [9.17, 15) is 9.59 Å². The van der Waals surface area contributed by atoms with Gasteiger partial charge >= 0.3 is 0 Å². The number of fused-ring (bicyclic) bond motifs is 1. The molecule has 0 bridgehead atoms. The zero-order valence-corrected chi connectivity index (χ0v) is 13.0. The first-order valence-electron chi connectivity index (χ1n) is 7.63. The zero-order valence-electron chi connectivity index (χ0n) is 13.0. The highest BCUT2D eigenvalue weighted by molar-refractivity contribution is 5.98. The number of amides is 2. The van der Waals surface area contributed by atoms with Crippen LogP contribution in [0.15, 0.2) is 48.5 Å². The first-order chi connectivity index (χ1) is 11.2. The van der Waals surface area contributed by atoms with Crippen molar-refractivity contribution in [2.24, 2.45) is 0 Å². The predicted molar refractivity (Wildman–Crippen MR) is 90.8 cm³/mol. The van der Waals surface area contributed by atoms with Gasteiger partial charge in [-0.2, -0.15) is 0 Å². The van der Waals surface area contributed by atoms with Gasteiger partial charge in [0.25, 0.3) is 5.91 Å². The maximum atomic E-state index is 12.4. The summed E-state index contributed by atoms with van der Waals surface area (Å²) in [6, 6.07) is 15.1. The van der Waals surface area contributed by atoms with Crippen LogP contribution in [-0.2, 0) is 11.2 Å². The number of nitrogens with one attached hydrogen (secondary N) is 2. The molecular formula is C18H19N3O2. The second kappa shape index (κ2) is 6.52. The Morgan fingerprint density at radius 1 is 1.13 bits per heavy atom. The van der Waals surface area contributed by atoms with Crippen LogP contribution in [0.25, 0.3) is 0 Å². The van der Waals surface area contributed by atoms with Gasteiger partial charge in [0.15, 0.2) is 0 Å². The molecule has 0 saturated carbocycles. The molecule has 3 rings (SSSR count). The lowest BCUT2D eigenvalue weighted by Gasteiger charge is -2.18. The lowest BCUT2D eigenvalue weighted by Crippen LogP contribution is -2.34. The van der Waals surface area contributed by atoms with E-state index in [-0.39, 0.29) is 18.4 Å². The standard InChI is InChI=1S/C18H19N3O2/c1-19-18(23)14-6-4-7-15(11-14)20-12-17(22)21-10-9-13-5-2-3-8-16(13)21/h2-8,11,20H,9-10,12H2,1H3,(H,19,23). The third-order valence-electron chi connectivity index (χ3n) is 3.98. The van der Waals surface area contributed by atoms with Gasteiger partial charge in [0.05, 0.1) is 6.54 Å². The van der Waals surface area contributed by atoms with Gasteiger partial charge in [-0.15, -0.1) is 0 Å². The van der Waals surface area contributed by atoms with Gasteiger partial charge in [-0.25, -0.2) is 0 Å². The molecule has 2 aromatic carbocycles. The molecule has 118 valence electrons. The Morgan fingerprint density at radius 2 is 1.96 bits per heavy atom. The number of carbonyl (C=O) groups excluding carboxylic acids is 2. The lowest BCUT2D eigenvalue weighted by molar-refractivity contribution is -0.116. The molecule has 1 heterocycles. The highest BCUT2D eigenvalue weighted by Gasteiger charge is 2.23. The van der Waals surface area contributed by atoms with E-state index in [4.69, 9.17) is 0 Å². The summed E-state index contributed by atoms with van der Waals surface area (Å²) in [5, 5.41) is 5.69. The number of carbonyl (C=O) groups is 2. The van der Waals surface area contributed by atoms with Crippen molar-refractivity contribution in [2.45, 2.75) is 6.42 Å². The first-order valence-corrected chi connectivity index (χ1v) is 7.63. The Labute approximate surface area is 135 Å². The zero-order chi connectivity index (χ0) is 16.2. The van der Waals surface area contributed by atoms with Crippen molar-refractivity contribution in [3.05, 3.63) is 59.7 Å². The normalized spacial score (nSPS) is 12.7. The monoisotopic (exact) mass is 309 g/mol. The Kier molecular flexibility index (Phi) is 4.28. The molecule has 2 aromatic rings. The van der Waals surface area contributed by atoms with Crippen LogP contribution < -0.4 is 15.5 Å². The van der Waals surface area contributed by atoms with E-state index in [1.165, 1.54) is 5.56 Å². The van der Waals surface area contributed by atoms with E-state index < -0.39 is 0 Å². The molecule has 0 unspecified atom stereocenters. The minimum absolute atomic E-state index is 0.0281. The fourth-order valence-corrected chi connectivity index (χ4v) is 2.79. The summed E-state index contributed by atoms with van der Waals surface area (Å²) in [4.78, 5) is 25.9. The van der Waals surface area contributed by atoms with Crippen molar-refractivity contribution < 1.29 is 9.59 Å². The summed E-state index contributed by atoms with van der Waals surface area (Å²) in [5.41, 5.74) is 3.53. The van der Waals surface area contributed by atoms with Crippen LogP contribution in [0.1, 0.15) is 15.9 Å². The molecule has 2 N–H and O–H groups in total. The fourth-order valence-electron chi connectivity index (χ4n) is 2.79. The Morgan fingerprint density at radius 3 is 2.78 bits per heavy atom. The van der Waals surface area contributed by atoms with Gasteiger partial charge in [0.2, 0.25) is 5.91 Å². The molecule has 0 aromatic heterocycles. The van der Waals surface area contributed by atoms with Crippen molar-refractivity contribution in [2.75, 3.05) is 30.4 Å². The number of hydrogen-bond acceptors (Lipinski definition) is 3. The van der Waals surface area contributed by atoms with Crippen molar-refractivity contribution in [3.8, 4) is 0 Å².